The van der Waals surface area contributed by atoms with Crippen molar-refractivity contribution >= 4 is 83.0 Å². The molecule has 0 aliphatic heterocycles. The monoisotopic (exact) mass is 721 g/mol. The van der Waals surface area contributed by atoms with Crippen molar-refractivity contribution in [1.29, 1.82) is 0 Å². The summed E-state index contributed by atoms with van der Waals surface area (Å²) in [6, 6.07) is 63.3. The van der Waals surface area contributed by atoms with Crippen molar-refractivity contribution in [3.63, 3.8) is 0 Å². The molecule has 3 aromatic heterocycles. The molecule has 0 bridgehead atoms. The SMILES string of the molecule is O=P(c1ccncc1)(c1ccc(-c2ccc(-c3ccc4c5ccc6ccccc6c5c5nc6ccccc6n5c4c3)cc2)cc1)c1ccc2ccccc2c1. The van der Waals surface area contributed by atoms with Gasteiger partial charge in [0, 0.05) is 39.1 Å². The van der Waals surface area contributed by atoms with Gasteiger partial charge in [-0.1, -0.05) is 146 Å². The van der Waals surface area contributed by atoms with Crippen molar-refractivity contribution in [1.82, 2.24) is 14.4 Å². The van der Waals surface area contributed by atoms with E-state index in [1.54, 1.807) is 12.4 Å². The largest absolute Gasteiger partial charge is 0.309 e. The molecule has 0 N–H and O–H groups in total. The van der Waals surface area contributed by atoms with Crippen LogP contribution in [0.3, 0.4) is 0 Å². The van der Waals surface area contributed by atoms with Crippen LogP contribution in [0.1, 0.15) is 0 Å². The highest BCUT2D eigenvalue weighted by Gasteiger charge is 2.30. The second-order valence-corrected chi connectivity index (χ2v) is 16.9. The van der Waals surface area contributed by atoms with E-state index in [4.69, 9.17) is 4.98 Å². The highest BCUT2D eigenvalue weighted by molar-refractivity contribution is 7.85. The number of hydrogen-bond donors (Lipinski definition) is 0. The minimum Gasteiger partial charge on any atom is -0.309 e. The van der Waals surface area contributed by atoms with Crippen LogP contribution >= 0.6 is 7.14 Å². The lowest BCUT2D eigenvalue weighted by Crippen LogP contribution is -2.25. The van der Waals surface area contributed by atoms with Crippen LogP contribution in [0.4, 0.5) is 0 Å². The zero-order valence-corrected chi connectivity index (χ0v) is 30.6. The normalized spacial score (nSPS) is 12.9. The van der Waals surface area contributed by atoms with Gasteiger partial charge in [0.05, 0.1) is 16.6 Å². The fraction of sp³-hybridized carbons (Fsp3) is 0. The molecule has 0 amide bonds. The van der Waals surface area contributed by atoms with Crippen LogP contribution in [0.5, 0.6) is 0 Å². The molecule has 0 spiro atoms. The van der Waals surface area contributed by atoms with Crippen LogP contribution in [-0.4, -0.2) is 14.4 Å². The summed E-state index contributed by atoms with van der Waals surface area (Å²) < 4.78 is 17.6. The Bertz CT molecular complexity index is 3330. The minimum atomic E-state index is -3.16. The smallest absolute Gasteiger partial charge is 0.171 e. The Morgan fingerprint density at radius 3 is 1.80 bits per heavy atom. The Kier molecular flexibility index (Phi) is 7.10. The standard InChI is InChI=1S/C50H32N3OP/c54-55(41-27-29-51-30-28-41,42-24-19-33-7-1-2-9-38(33)31-42)40-22-17-35(18-23-40)34-13-15-36(16-14-34)39-21-25-44-45-26-20-37-8-3-4-10-43(37)49(45)50-52-46-11-5-6-12-47(46)53(50)48(44)32-39/h1-32H. The van der Waals surface area contributed by atoms with E-state index < -0.39 is 7.14 Å². The van der Waals surface area contributed by atoms with Gasteiger partial charge in [0.25, 0.3) is 0 Å². The van der Waals surface area contributed by atoms with Gasteiger partial charge in [-0.2, -0.15) is 0 Å². The summed E-state index contributed by atoms with van der Waals surface area (Å²) in [4.78, 5) is 9.41. The number of para-hydroxylation sites is 2. The molecule has 258 valence electrons. The first kappa shape index (κ1) is 31.6. The van der Waals surface area contributed by atoms with E-state index in [9.17, 15) is 0 Å². The molecule has 11 aromatic rings. The summed E-state index contributed by atoms with van der Waals surface area (Å²) in [6.45, 7) is 0. The fourth-order valence-corrected chi connectivity index (χ4v) is 11.0. The number of imidazole rings is 1. The van der Waals surface area contributed by atoms with Crippen LogP contribution in [0.2, 0.25) is 0 Å². The number of benzene rings is 8. The molecule has 3 heterocycles. The number of fused-ring (bicyclic) bond motifs is 11. The molecule has 0 saturated carbocycles. The van der Waals surface area contributed by atoms with E-state index in [0.29, 0.717) is 0 Å². The molecule has 11 rings (SSSR count). The molecule has 1 unspecified atom stereocenters. The molecule has 0 aliphatic carbocycles. The predicted molar refractivity (Wildman–Crippen MR) is 231 cm³/mol. The predicted octanol–water partition coefficient (Wildman–Crippen LogP) is 11.5. The van der Waals surface area contributed by atoms with E-state index in [0.717, 1.165) is 71.1 Å². The molecule has 55 heavy (non-hydrogen) atoms. The molecule has 8 aromatic carbocycles. The Morgan fingerprint density at radius 1 is 0.418 bits per heavy atom. The van der Waals surface area contributed by atoms with Crippen LogP contribution in [0.15, 0.2) is 194 Å². The van der Waals surface area contributed by atoms with Gasteiger partial charge in [0.1, 0.15) is 5.65 Å². The van der Waals surface area contributed by atoms with Crippen molar-refractivity contribution in [3.05, 3.63) is 194 Å². The van der Waals surface area contributed by atoms with E-state index in [-0.39, 0.29) is 0 Å². The summed E-state index contributed by atoms with van der Waals surface area (Å²) in [6.07, 6.45) is 3.44. The summed E-state index contributed by atoms with van der Waals surface area (Å²) in [5.74, 6) is 0. The number of hydrogen-bond acceptors (Lipinski definition) is 3. The lowest BCUT2D eigenvalue weighted by molar-refractivity contribution is 0.592. The maximum absolute atomic E-state index is 15.2. The Morgan fingerprint density at radius 2 is 1.00 bits per heavy atom. The molecule has 0 fully saturated rings. The van der Waals surface area contributed by atoms with Gasteiger partial charge in [0.15, 0.2) is 7.14 Å². The first-order chi connectivity index (χ1) is 27.1. The lowest BCUT2D eigenvalue weighted by Gasteiger charge is -2.20. The van der Waals surface area contributed by atoms with Crippen molar-refractivity contribution in [2.24, 2.45) is 0 Å². The maximum Gasteiger partial charge on any atom is 0.171 e. The van der Waals surface area contributed by atoms with E-state index in [2.05, 4.69) is 149 Å². The Balaban J connectivity index is 0.988. The van der Waals surface area contributed by atoms with Gasteiger partial charge < -0.3 is 4.57 Å². The average molecular weight is 722 g/mol. The van der Waals surface area contributed by atoms with Crippen molar-refractivity contribution in [2.75, 3.05) is 0 Å². The highest BCUT2D eigenvalue weighted by atomic mass is 31.2. The topological polar surface area (TPSA) is 47.3 Å². The third-order valence-corrected chi connectivity index (χ3v) is 14.2. The number of rotatable bonds is 5. The fourth-order valence-electron chi connectivity index (χ4n) is 8.39. The third-order valence-electron chi connectivity index (χ3n) is 11.1. The van der Waals surface area contributed by atoms with Crippen LogP contribution in [0, 0.1) is 0 Å². The number of nitrogens with zero attached hydrogens (tertiary/aromatic N) is 3. The molecule has 1 atom stereocenters. The van der Waals surface area contributed by atoms with Gasteiger partial charge in [-0.25, -0.2) is 4.98 Å². The molecule has 0 saturated heterocycles. The molecule has 4 nitrogen and oxygen atoms in total. The Hall–Kier alpha value is -6.87. The lowest BCUT2D eigenvalue weighted by atomic mass is 9.96. The van der Waals surface area contributed by atoms with Crippen molar-refractivity contribution < 1.29 is 4.57 Å². The summed E-state index contributed by atoms with van der Waals surface area (Å²) in [5.41, 5.74) is 8.64. The first-order valence-corrected chi connectivity index (χ1v) is 20.2. The highest BCUT2D eigenvalue weighted by Crippen LogP contribution is 2.43. The maximum atomic E-state index is 15.2. The minimum absolute atomic E-state index is 0.771. The van der Waals surface area contributed by atoms with Gasteiger partial charge in [-0.05, 0) is 85.6 Å². The van der Waals surface area contributed by atoms with Crippen LogP contribution in [-0.2, 0) is 4.57 Å². The van der Waals surface area contributed by atoms with Crippen molar-refractivity contribution in [2.45, 2.75) is 0 Å². The van der Waals surface area contributed by atoms with Gasteiger partial charge in [0.2, 0.25) is 0 Å². The number of aromatic nitrogens is 3. The summed E-state index contributed by atoms with van der Waals surface area (Å²) >= 11 is 0. The van der Waals surface area contributed by atoms with Gasteiger partial charge >= 0.3 is 0 Å². The molecular formula is C50H32N3OP. The first-order valence-electron chi connectivity index (χ1n) is 18.5. The van der Waals surface area contributed by atoms with Gasteiger partial charge in [-0.3, -0.25) is 9.38 Å². The summed E-state index contributed by atoms with van der Waals surface area (Å²) in [7, 11) is -3.16. The van der Waals surface area contributed by atoms with E-state index >= 15 is 4.57 Å². The van der Waals surface area contributed by atoms with Crippen LogP contribution in [0.25, 0.3) is 82.2 Å². The van der Waals surface area contributed by atoms with Crippen molar-refractivity contribution in [3.8, 4) is 22.3 Å². The van der Waals surface area contributed by atoms with E-state index in [1.807, 2.05) is 42.5 Å². The summed E-state index contributed by atoms with van der Waals surface area (Å²) in [5, 5.41) is 10.6. The quantitative estimate of drug-likeness (QED) is 0.131. The second-order valence-electron chi connectivity index (χ2n) is 14.2. The molecule has 0 radical (unpaired) electrons. The Labute approximate surface area is 317 Å². The van der Waals surface area contributed by atoms with E-state index in [1.165, 1.54) is 26.9 Å². The second kappa shape index (κ2) is 12.3. The zero-order chi connectivity index (χ0) is 36.5. The third kappa shape index (κ3) is 4.96. The molecular weight excluding hydrogens is 690 g/mol. The molecule has 5 heteroatoms. The molecule has 0 aliphatic rings. The zero-order valence-electron chi connectivity index (χ0n) is 29.7. The van der Waals surface area contributed by atoms with Gasteiger partial charge in [-0.15, -0.1) is 0 Å². The average Bonchev–Trinajstić information content (AvgIpc) is 3.66. The number of pyridine rings is 2. The van der Waals surface area contributed by atoms with Crippen LogP contribution < -0.4 is 15.9 Å².